The molecule has 0 aliphatic carbocycles. The topological polar surface area (TPSA) is 12.0 Å². The summed E-state index contributed by atoms with van der Waals surface area (Å²) < 4.78 is 0. The monoisotopic (exact) mass is 344 g/mol. The summed E-state index contributed by atoms with van der Waals surface area (Å²) in [6.07, 6.45) is 0. The van der Waals surface area contributed by atoms with Crippen molar-refractivity contribution in [3.05, 3.63) is 90.5 Å². The van der Waals surface area contributed by atoms with Gasteiger partial charge < -0.3 is 5.32 Å². The molecule has 1 radical (unpaired) electrons. The molecule has 1 N–H and O–H groups in total. The fourth-order valence-corrected chi connectivity index (χ4v) is 5.73. The highest BCUT2D eigenvalue weighted by Crippen LogP contribution is 2.05. The van der Waals surface area contributed by atoms with Crippen LogP contribution in [-0.4, -0.2) is 14.3 Å². The predicted molar refractivity (Wildman–Crippen MR) is 111 cm³/mol. The third-order valence-electron chi connectivity index (χ3n) is 4.22. The van der Waals surface area contributed by atoms with E-state index < -0.39 is 8.80 Å². The lowest BCUT2D eigenvalue weighted by Gasteiger charge is -2.24. The van der Waals surface area contributed by atoms with Crippen molar-refractivity contribution in [3.8, 4) is 0 Å². The van der Waals surface area contributed by atoms with Crippen molar-refractivity contribution in [2.24, 2.45) is 0 Å². The molecule has 0 atom stereocenters. The van der Waals surface area contributed by atoms with E-state index in [9.17, 15) is 0 Å². The molecule has 0 bridgehead atoms. The van der Waals surface area contributed by atoms with Crippen LogP contribution in [0.2, 0.25) is 0 Å². The van der Waals surface area contributed by atoms with E-state index in [0.29, 0.717) is 0 Å². The third kappa shape index (κ3) is 4.68. The highest BCUT2D eigenvalue weighted by molar-refractivity contribution is 6.95. The molecule has 0 aliphatic heterocycles. The van der Waals surface area contributed by atoms with Crippen LogP contribution in [0.4, 0.5) is 0 Å². The second-order valence-electron chi connectivity index (χ2n) is 7.37. The molecule has 3 aromatic carbocycles. The summed E-state index contributed by atoms with van der Waals surface area (Å²) in [6, 6.07) is 30.8. The second kappa shape index (κ2) is 7.81. The third-order valence-corrected chi connectivity index (χ3v) is 7.07. The van der Waals surface area contributed by atoms with E-state index in [2.05, 4.69) is 111 Å². The maximum atomic E-state index is 3.65. The van der Waals surface area contributed by atoms with Gasteiger partial charge in [-0.1, -0.05) is 95.3 Å². The van der Waals surface area contributed by atoms with Gasteiger partial charge in [0.1, 0.15) is 0 Å². The van der Waals surface area contributed by atoms with Gasteiger partial charge in [0.05, 0.1) is 0 Å². The zero-order chi connectivity index (χ0) is 17.7. The molecule has 3 rings (SSSR count). The molecule has 127 valence electrons. The lowest BCUT2D eigenvalue weighted by atomic mass is 10.1. The first-order valence-electron chi connectivity index (χ1n) is 8.86. The Bertz CT molecular complexity index is 752. The van der Waals surface area contributed by atoms with E-state index >= 15 is 0 Å². The average molecular weight is 345 g/mol. The van der Waals surface area contributed by atoms with E-state index in [-0.39, 0.29) is 5.54 Å². The SMILES string of the molecule is CC(C)(C)NCc1ccccc1[Si](c1ccccc1)c1ccccc1. The van der Waals surface area contributed by atoms with Crippen molar-refractivity contribution in [2.45, 2.75) is 32.9 Å². The Morgan fingerprint density at radius 1 is 0.680 bits per heavy atom. The summed E-state index contributed by atoms with van der Waals surface area (Å²) in [5, 5.41) is 7.99. The molecule has 0 saturated carbocycles. The van der Waals surface area contributed by atoms with Crippen LogP contribution in [0.25, 0.3) is 0 Å². The minimum Gasteiger partial charge on any atom is -0.308 e. The Hall–Kier alpha value is -2.16. The van der Waals surface area contributed by atoms with Crippen LogP contribution in [-0.2, 0) is 6.54 Å². The van der Waals surface area contributed by atoms with Crippen molar-refractivity contribution in [3.63, 3.8) is 0 Å². The van der Waals surface area contributed by atoms with Gasteiger partial charge in [0.2, 0.25) is 0 Å². The van der Waals surface area contributed by atoms with Crippen LogP contribution in [0.1, 0.15) is 26.3 Å². The molecule has 2 heteroatoms. The maximum absolute atomic E-state index is 3.65. The quantitative estimate of drug-likeness (QED) is 0.554. The maximum Gasteiger partial charge on any atom is 0.154 e. The van der Waals surface area contributed by atoms with Crippen LogP contribution in [0.5, 0.6) is 0 Å². The minimum atomic E-state index is -1.01. The van der Waals surface area contributed by atoms with Crippen LogP contribution in [0, 0.1) is 0 Å². The Morgan fingerprint density at radius 3 is 1.68 bits per heavy atom. The molecule has 0 amide bonds. The van der Waals surface area contributed by atoms with Crippen LogP contribution < -0.4 is 20.9 Å². The number of rotatable bonds is 5. The smallest absolute Gasteiger partial charge is 0.154 e. The summed E-state index contributed by atoms with van der Waals surface area (Å²) >= 11 is 0. The van der Waals surface area contributed by atoms with E-state index in [1.807, 2.05) is 0 Å². The average Bonchev–Trinajstić information content (AvgIpc) is 2.62. The van der Waals surface area contributed by atoms with E-state index in [0.717, 1.165) is 6.54 Å². The lowest BCUT2D eigenvalue weighted by molar-refractivity contribution is 0.425. The van der Waals surface area contributed by atoms with Gasteiger partial charge in [0.15, 0.2) is 8.80 Å². The Balaban J connectivity index is 2.06. The van der Waals surface area contributed by atoms with Gasteiger partial charge in [0, 0.05) is 12.1 Å². The highest BCUT2D eigenvalue weighted by atomic mass is 28.3. The molecule has 25 heavy (non-hydrogen) atoms. The molecular formula is C23H26NSi. The number of hydrogen-bond acceptors (Lipinski definition) is 1. The van der Waals surface area contributed by atoms with Crippen LogP contribution in [0.15, 0.2) is 84.9 Å². The van der Waals surface area contributed by atoms with Gasteiger partial charge in [-0.15, -0.1) is 0 Å². The minimum absolute atomic E-state index is 0.111. The first-order chi connectivity index (χ1) is 12.0. The molecule has 0 unspecified atom stereocenters. The molecule has 0 aliphatic rings. The van der Waals surface area contributed by atoms with Gasteiger partial charge in [-0.05, 0) is 31.5 Å². The zero-order valence-corrected chi connectivity index (χ0v) is 16.3. The molecule has 0 spiro atoms. The van der Waals surface area contributed by atoms with Crippen molar-refractivity contribution < 1.29 is 0 Å². The van der Waals surface area contributed by atoms with E-state index in [4.69, 9.17) is 0 Å². The number of hydrogen-bond donors (Lipinski definition) is 1. The standard InChI is InChI=1S/C23H26NSi/c1-23(2,3)24-18-19-12-10-11-17-22(19)25(20-13-6-4-7-14-20)21-15-8-5-9-16-21/h4-17,24H,18H2,1-3H3. The van der Waals surface area contributed by atoms with Gasteiger partial charge in [-0.2, -0.15) is 0 Å². The molecule has 0 aromatic heterocycles. The molecule has 0 fully saturated rings. The molecular weight excluding hydrogens is 318 g/mol. The fourth-order valence-electron chi connectivity index (χ4n) is 2.97. The largest absolute Gasteiger partial charge is 0.308 e. The summed E-state index contributed by atoms with van der Waals surface area (Å²) in [4.78, 5) is 0. The molecule has 1 nitrogen and oxygen atoms in total. The number of nitrogens with one attached hydrogen (secondary N) is 1. The molecule has 0 heterocycles. The van der Waals surface area contributed by atoms with Gasteiger partial charge in [-0.25, -0.2) is 0 Å². The van der Waals surface area contributed by atoms with Gasteiger partial charge in [-0.3, -0.25) is 0 Å². The van der Waals surface area contributed by atoms with Gasteiger partial charge >= 0.3 is 0 Å². The Kier molecular flexibility index (Phi) is 5.52. The number of benzene rings is 3. The van der Waals surface area contributed by atoms with E-state index in [1.165, 1.54) is 21.1 Å². The fraction of sp³-hybridized carbons (Fsp3) is 0.217. The highest BCUT2D eigenvalue weighted by Gasteiger charge is 2.22. The first-order valence-corrected chi connectivity index (χ1v) is 10.4. The Labute approximate surface area is 153 Å². The van der Waals surface area contributed by atoms with Crippen molar-refractivity contribution >= 4 is 24.4 Å². The summed E-state index contributed by atoms with van der Waals surface area (Å²) in [5.74, 6) is 0. The van der Waals surface area contributed by atoms with Crippen molar-refractivity contribution in [2.75, 3.05) is 0 Å². The lowest BCUT2D eigenvalue weighted by Crippen LogP contribution is -2.53. The summed E-state index contributed by atoms with van der Waals surface area (Å²) in [6.45, 7) is 7.55. The Morgan fingerprint density at radius 2 is 1.16 bits per heavy atom. The molecule has 0 saturated heterocycles. The summed E-state index contributed by atoms with van der Waals surface area (Å²) in [7, 11) is -1.01. The van der Waals surface area contributed by atoms with Crippen molar-refractivity contribution in [1.82, 2.24) is 5.32 Å². The molecule has 3 aromatic rings. The van der Waals surface area contributed by atoms with Crippen molar-refractivity contribution in [1.29, 1.82) is 0 Å². The predicted octanol–water partition coefficient (Wildman–Crippen LogP) is 3.09. The normalized spacial score (nSPS) is 11.7. The van der Waals surface area contributed by atoms with Crippen LogP contribution in [0.3, 0.4) is 0 Å². The zero-order valence-electron chi connectivity index (χ0n) is 15.3. The van der Waals surface area contributed by atoms with Gasteiger partial charge in [0.25, 0.3) is 0 Å². The van der Waals surface area contributed by atoms with Crippen LogP contribution >= 0.6 is 0 Å². The van der Waals surface area contributed by atoms with E-state index in [1.54, 1.807) is 0 Å². The first kappa shape index (κ1) is 17.7. The summed E-state index contributed by atoms with van der Waals surface area (Å²) in [5.41, 5.74) is 1.51. The second-order valence-corrected chi connectivity index (χ2v) is 9.81.